The first-order valence-electron chi connectivity index (χ1n) is 9.38. The molecule has 1 amide bonds. The van der Waals surface area contributed by atoms with Crippen molar-refractivity contribution in [2.75, 3.05) is 32.8 Å². The summed E-state index contributed by atoms with van der Waals surface area (Å²) in [5.41, 5.74) is 0.754. The minimum Gasteiger partial charge on any atom is -0.381 e. The number of rotatable bonds is 4. The van der Waals surface area contributed by atoms with Crippen molar-refractivity contribution in [1.82, 2.24) is 10.2 Å². The van der Waals surface area contributed by atoms with E-state index in [0.29, 0.717) is 5.92 Å². The summed E-state index contributed by atoms with van der Waals surface area (Å²) in [6.07, 6.45) is 3.26. The Labute approximate surface area is 149 Å². The van der Waals surface area contributed by atoms with Crippen molar-refractivity contribution in [1.29, 1.82) is 0 Å². The minimum absolute atomic E-state index is 0.0494. The van der Waals surface area contributed by atoms with Crippen molar-refractivity contribution in [3.63, 3.8) is 0 Å². The zero-order chi connectivity index (χ0) is 17.1. The van der Waals surface area contributed by atoms with E-state index < -0.39 is 0 Å². The van der Waals surface area contributed by atoms with E-state index in [9.17, 15) is 4.79 Å². The molecule has 4 nitrogen and oxygen atoms in total. The molecule has 132 valence electrons. The maximum atomic E-state index is 12.6. The van der Waals surface area contributed by atoms with Crippen LogP contribution in [0.15, 0.2) is 42.5 Å². The van der Waals surface area contributed by atoms with Crippen LogP contribution in [0.4, 0.5) is 0 Å². The second-order valence-corrected chi connectivity index (χ2v) is 7.34. The lowest BCUT2D eigenvalue weighted by molar-refractivity contribution is 0.0903. The van der Waals surface area contributed by atoms with Gasteiger partial charge >= 0.3 is 0 Å². The molecule has 25 heavy (non-hydrogen) atoms. The molecule has 0 aliphatic carbocycles. The summed E-state index contributed by atoms with van der Waals surface area (Å²) in [5.74, 6) is 0.747. The molecule has 2 aliphatic rings. The van der Waals surface area contributed by atoms with E-state index in [0.717, 1.165) is 56.6 Å². The largest absolute Gasteiger partial charge is 0.381 e. The van der Waals surface area contributed by atoms with Crippen LogP contribution in [0.25, 0.3) is 10.8 Å². The van der Waals surface area contributed by atoms with Gasteiger partial charge in [0.1, 0.15) is 0 Å². The predicted molar refractivity (Wildman–Crippen MR) is 99.8 cm³/mol. The van der Waals surface area contributed by atoms with Gasteiger partial charge in [0.2, 0.25) is 0 Å². The van der Waals surface area contributed by atoms with Crippen LogP contribution in [0.5, 0.6) is 0 Å². The summed E-state index contributed by atoms with van der Waals surface area (Å²) in [5, 5.41) is 5.51. The quantitative estimate of drug-likeness (QED) is 0.931. The van der Waals surface area contributed by atoms with E-state index >= 15 is 0 Å². The number of carbonyl (C=O) groups is 1. The molecule has 0 radical (unpaired) electrons. The van der Waals surface area contributed by atoms with Gasteiger partial charge in [0, 0.05) is 37.8 Å². The van der Waals surface area contributed by atoms with E-state index in [1.807, 2.05) is 30.3 Å². The SMILES string of the molecule is O=C(NC1CCN(CC2CCOC2)CC1)c1ccc2ccccc2c1. The van der Waals surface area contributed by atoms with Gasteiger partial charge in [-0.25, -0.2) is 0 Å². The molecular weight excluding hydrogens is 312 g/mol. The minimum atomic E-state index is 0.0494. The molecule has 0 bridgehead atoms. The van der Waals surface area contributed by atoms with Gasteiger partial charge < -0.3 is 15.0 Å². The Morgan fingerprint density at radius 3 is 2.64 bits per heavy atom. The summed E-state index contributed by atoms with van der Waals surface area (Å²) in [4.78, 5) is 15.1. The maximum Gasteiger partial charge on any atom is 0.251 e. The van der Waals surface area contributed by atoms with Crippen LogP contribution >= 0.6 is 0 Å². The zero-order valence-corrected chi connectivity index (χ0v) is 14.6. The topological polar surface area (TPSA) is 41.6 Å². The molecule has 1 unspecified atom stereocenters. The molecule has 0 aromatic heterocycles. The number of nitrogens with zero attached hydrogens (tertiary/aromatic N) is 1. The molecule has 2 heterocycles. The van der Waals surface area contributed by atoms with Crippen molar-refractivity contribution in [2.45, 2.75) is 25.3 Å². The molecule has 4 heteroatoms. The lowest BCUT2D eigenvalue weighted by atomic mass is 10.0. The van der Waals surface area contributed by atoms with Gasteiger partial charge in [0.25, 0.3) is 5.91 Å². The Hall–Kier alpha value is -1.91. The Bertz CT molecular complexity index is 732. The number of nitrogens with one attached hydrogen (secondary N) is 1. The second kappa shape index (κ2) is 7.54. The molecule has 0 spiro atoms. The first-order chi connectivity index (χ1) is 12.3. The van der Waals surface area contributed by atoms with Gasteiger partial charge in [0.05, 0.1) is 6.61 Å². The van der Waals surface area contributed by atoms with Gasteiger partial charge in [-0.15, -0.1) is 0 Å². The van der Waals surface area contributed by atoms with Crippen LogP contribution in [0.1, 0.15) is 29.6 Å². The highest BCUT2D eigenvalue weighted by molar-refractivity contribution is 5.98. The smallest absolute Gasteiger partial charge is 0.251 e. The number of piperidine rings is 1. The predicted octanol–water partition coefficient (Wildman–Crippen LogP) is 3.07. The molecule has 2 saturated heterocycles. The van der Waals surface area contributed by atoms with E-state index in [1.54, 1.807) is 0 Å². The number of ether oxygens (including phenoxy) is 1. The number of fused-ring (bicyclic) bond motifs is 1. The van der Waals surface area contributed by atoms with E-state index in [4.69, 9.17) is 4.74 Å². The third kappa shape index (κ3) is 4.02. The lowest BCUT2D eigenvalue weighted by Gasteiger charge is -2.33. The number of hydrogen-bond acceptors (Lipinski definition) is 3. The standard InChI is InChI=1S/C21H26N2O2/c24-21(19-6-5-17-3-1-2-4-18(17)13-19)22-20-7-10-23(11-8-20)14-16-9-12-25-15-16/h1-6,13,16,20H,7-12,14-15H2,(H,22,24). The summed E-state index contributed by atoms with van der Waals surface area (Å²) >= 11 is 0. The molecule has 0 saturated carbocycles. The molecular formula is C21H26N2O2. The van der Waals surface area contributed by atoms with Crippen molar-refractivity contribution < 1.29 is 9.53 Å². The van der Waals surface area contributed by atoms with Crippen LogP contribution in [0.3, 0.4) is 0 Å². The normalized spacial score (nSPS) is 22.3. The monoisotopic (exact) mass is 338 g/mol. The fourth-order valence-corrected chi connectivity index (χ4v) is 3.95. The first kappa shape index (κ1) is 16.6. The summed E-state index contributed by atoms with van der Waals surface area (Å²) in [6, 6.07) is 14.4. The van der Waals surface area contributed by atoms with Crippen molar-refractivity contribution in [3.05, 3.63) is 48.0 Å². The molecule has 2 aliphatic heterocycles. The number of benzene rings is 2. The fraction of sp³-hybridized carbons (Fsp3) is 0.476. The highest BCUT2D eigenvalue weighted by Gasteiger charge is 2.24. The Kier molecular flexibility index (Phi) is 4.99. The Morgan fingerprint density at radius 1 is 1.08 bits per heavy atom. The number of amides is 1. The van der Waals surface area contributed by atoms with Crippen LogP contribution < -0.4 is 5.32 Å². The third-order valence-electron chi connectivity index (χ3n) is 5.47. The number of likely N-dealkylation sites (tertiary alicyclic amines) is 1. The van der Waals surface area contributed by atoms with Gasteiger partial charge in [-0.1, -0.05) is 30.3 Å². The second-order valence-electron chi connectivity index (χ2n) is 7.34. The average molecular weight is 338 g/mol. The van der Waals surface area contributed by atoms with Gasteiger partial charge in [-0.2, -0.15) is 0 Å². The average Bonchev–Trinajstić information content (AvgIpc) is 3.16. The highest BCUT2D eigenvalue weighted by Crippen LogP contribution is 2.19. The molecule has 2 aromatic rings. The zero-order valence-electron chi connectivity index (χ0n) is 14.6. The Morgan fingerprint density at radius 2 is 1.88 bits per heavy atom. The Balaban J connectivity index is 1.30. The summed E-state index contributed by atoms with van der Waals surface area (Å²) in [7, 11) is 0. The summed E-state index contributed by atoms with van der Waals surface area (Å²) in [6.45, 7) is 5.12. The maximum absolute atomic E-state index is 12.6. The molecule has 1 atom stereocenters. The molecule has 2 aromatic carbocycles. The van der Waals surface area contributed by atoms with Crippen LogP contribution in [0, 0.1) is 5.92 Å². The van der Waals surface area contributed by atoms with E-state index in [1.165, 1.54) is 11.8 Å². The van der Waals surface area contributed by atoms with Crippen molar-refractivity contribution >= 4 is 16.7 Å². The van der Waals surface area contributed by atoms with Gasteiger partial charge in [-0.3, -0.25) is 4.79 Å². The van der Waals surface area contributed by atoms with Crippen LogP contribution in [-0.4, -0.2) is 49.7 Å². The van der Waals surface area contributed by atoms with Gasteiger partial charge in [-0.05, 0) is 48.1 Å². The highest BCUT2D eigenvalue weighted by atomic mass is 16.5. The number of carbonyl (C=O) groups excluding carboxylic acids is 1. The molecule has 2 fully saturated rings. The van der Waals surface area contributed by atoms with Crippen molar-refractivity contribution in [2.24, 2.45) is 5.92 Å². The van der Waals surface area contributed by atoms with Gasteiger partial charge in [0.15, 0.2) is 0 Å². The van der Waals surface area contributed by atoms with Crippen LogP contribution in [0.2, 0.25) is 0 Å². The summed E-state index contributed by atoms with van der Waals surface area (Å²) < 4.78 is 5.47. The third-order valence-corrected chi connectivity index (χ3v) is 5.47. The van der Waals surface area contributed by atoms with E-state index in [2.05, 4.69) is 22.3 Å². The lowest BCUT2D eigenvalue weighted by Crippen LogP contribution is -2.45. The van der Waals surface area contributed by atoms with E-state index in [-0.39, 0.29) is 11.9 Å². The molecule has 1 N–H and O–H groups in total. The van der Waals surface area contributed by atoms with Crippen molar-refractivity contribution in [3.8, 4) is 0 Å². The molecule has 4 rings (SSSR count). The fourth-order valence-electron chi connectivity index (χ4n) is 3.95. The first-order valence-corrected chi connectivity index (χ1v) is 9.38. The van der Waals surface area contributed by atoms with Crippen LogP contribution in [-0.2, 0) is 4.74 Å². The number of hydrogen-bond donors (Lipinski definition) is 1.